The Morgan fingerprint density at radius 2 is 2.38 bits per heavy atom. The zero-order chi connectivity index (χ0) is 17.7. The number of likely N-dealkylation sites (tertiary alicyclic amines) is 1. The molecule has 0 radical (unpaired) electrons. The van der Waals surface area contributed by atoms with Gasteiger partial charge in [-0.1, -0.05) is 24.2 Å². The van der Waals surface area contributed by atoms with E-state index in [1.54, 1.807) is 23.2 Å². The summed E-state index contributed by atoms with van der Waals surface area (Å²) in [5.74, 6) is -0.306. The van der Waals surface area contributed by atoms with E-state index in [0.717, 1.165) is 5.70 Å². The maximum absolute atomic E-state index is 13.0. The summed E-state index contributed by atoms with van der Waals surface area (Å²) in [6.07, 6.45) is 4.01. The molecule has 0 aliphatic carbocycles. The molecule has 4 N–H and O–H groups in total. The number of carbonyl (C=O) groups excluding carboxylic acids is 1. The van der Waals surface area contributed by atoms with Crippen LogP contribution in [0.25, 0.3) is 0 Å². The topological polar surface area (TPSA) is 102 Å². The normalized spacial score (nSPS) is 21.5. The number of nitriles is 1. The van der Waals surface area contributed by atoms with Gasteiger partial charge in [-0.3, -0.25) is 4.79 Å². The molecule has 1 amide bonds. The van der Waals surface area contributed by atoms with Crippen LogP contribution >= 0.6 is 11.6 Å². The first-order valence-corrected chi connectivity index (χ1v) is 7.85. The number of amides is 1. The van der Waals surface area contributed by atoms with Crippen LogP contribution in [-0.2, 0) is 10.3 Å². The molecule has 0 bridgehead atoms. The molecule has 1 aliphatic heterocycles. The fourth-order valence-corrected chi connectivity index (χ4v) is 3.41. The van der Waals surface area contributed by atoms with Crippen molar-refractivity contribution >= 4 is 17.5 Å². The second kappa shape index (κ2) is 7.39. The van der Waals surface area contributed by atoms with Gasteiger partial charge in [-0.05, 0) is 31.2 Å². The van der Waals surface area contributed by atoms with E-state index >= 15 is 0 Å². The van der Waals surface area contributed by atoms with Gasteiger partial charge in [0.25, 0.3) is 5.91 Å². The molecule has 1 aliphatic rings. The largest absolute Gasteiger partial charge is 0.403 e. The van der Waals surface area contributed by atoms with E-state index in [1.165, 1.54) is 12.3 Å². The van der Waals surface area contributed by atoms with Crippen LogP contribution in [0.15, 0.2) is 42.9 Å². The number of hydrogen-bond donors (Lipinski definition) is 3. The lowest BCUT2D eigenvalue weighted by Crippen LogP contribution is -2.51. The van der Waals surface area contributed by atoms with Gasteiger partial charge in [0.2, 0.25) is 0 Å². The Hall–Kier alpha value is -2.49. The Balaban J connectivity index is 2.62. The first-order chi connectivity index (χ1) is 11.5. The van der Waals surface area contributed by atoms with Gasteiger partial charge in [0.05, 0.1) is 18.2 Å². The minimum Gasteiger partial charge on any atom is -0.403 e. The minimum absolute atomic E-state index is 0.126. The zero-order valence-corrected chi connectivity index (χ0v) is 13.9. The second-order valence-electron chi connectivity index (χ2n) is 5.36. The first-order valence-electron chi connectivity index (χ1n) is 7.47. The van der Waals surface area contributed by atoms with E-state index in [9.17, 15) is 4.79 Å². The number of hydrogen-bond acceptors (Lipinski definition) is 5. The SMILES string of the molecule is C=CN1/C(=C\N)CCC1(C(=O)NCCO)c1ccc(C#N)cc1Cl. The molecular weight excluding hydrogens is 328 g/mol. The van der Waals surface area contributed by atoms with Crippen molar-refractivity contribution in [3.63, 3.8) is 0 Å². The van der Waals surface area contributed by atoms with Crippen molar-refractivity contribution in [1.29, 1.82) is 5.26 Å². The molecular formula is C17H19ClN4O2. The highest BCUT2D eigenvalue weighted by Gasteiger charge is 2.50. The molecule has 1 fully saturated rings. The molecule has 0 spiro atoms. The summed E-state index contributed by atoms with van der Waals surface area (Å²) in [6, 6.07) is 6.85. The molecule has 1 saturated heterocycles. The van der Waals surface area contributed by atoms with Crippen LogP contribution in [0.1, 0.15) is 24.0 Å². The van der Waals surface area contributed by atoms with Crippen LogP contribution in [0, 0.1) is 11.3 Å². The molecule has 6 nitrogen and oxygen atoms in total. The summed E-state index contributed by atoms with van der Waals surface area (Å²) in [5, 5.41) is 21.1. The number of nitrogens with one attached hydrogen (secondary N) is 1. The van der Waals surface area contributed by atoms with Gasteiger partial charge in [-0.15, -0.1) is 0 Å². The van der Waals surface area contributed by atoms with Gasteiger partial charge in [-0.2, -0.15) is 5.26 Å². The van der Waals surface area contributed by atoms with Crippen molar-refractivity contribution in [2.45, 2.75) is 18.4 Å². The van der Waals surface area contributed by atoms with E-state index in [-0.39, 0.29) is 19.1 Å². The number of nitrogens with two attached hydrogens (primary N) is 1. The maximum Gasteiger partial charge on any atom is 0.251 e. The van der Waals surface area contributed by atoms with Crippen molar-refractivity contribution in [2.24, 2.45) is 5.73 Å². The van der Waals surface area contributed by atoms with Crippen molar-refractivity contribution in [3.8, 4) is 6.07 Å². The van der Waals surface area contributed by atoms with E-state index in [2.05, 4.69) is 11.9 Å². The van der Waals surface area contributed by atoms with Gasteiger partial charge in [0.15, 0.2) is 0 Å². The molecule has 0 saturated carbocycles. The zero-order valence-electron chi connectivity index (χ0n) is 13.1. The van der Waals surface area contributed by atoms with Gasteiger partial charge in [-0.25, -0.2) is 0 Å². The molecule has 1 aromatic rings. The fraction of sp³-hybridized carbons (Fsp3) is 0.294. The molecule has 1 atom stereocenters. The summed E-state index contributed by atoms with van der Waals surface area (Å²) in [5.41, 5.74) is 6.29. The van der Waals surface area contributed by atoms with Crippen LogP contribution < -0.4 is 11.1 Å². The van der Waals surface area contributed by atoms with E-state index < -0.39 is 5.54 Å². The number of rotatable bonds is 5. The number of nitrogens with zero attached hydrogens (tertiary/aromatic N) is 2. The Morgan fingerprint density at radius 3 is 2.92 bits per heavy atom. The van der Waals surface area contributed by atoms with Crippen molar-refractivity contribution < 1.29 is 9.90 Å². The maximum atomic E-state index is 13.0. The third-order valence-corrected chi connectivity index (χ3v) is 4.47. The lowest BCUT2D eigenvalue weighted by molar-refractivity contribution is -0.130. The Kier molecular flexibility index (Phi) is 5.50. The number of aliphatic hydroxyl groups is 1. The third kappa shape index (κ3) is 2.84. The molecule has 24 heavy (non-hydrogen) atoms. The highest BCUT2D eigenvalue weighted by Crippen LogP contribution is 2.46. The molecule has 1 heterocycles. The molecule has 126 valence electrons. The van der Waals surface area contributed by atoms with E-state index in [4.69, 9.17) is 27.7 Å². The van der Waals surface area contributed by atoms with Gasteiger partial charge >= 0.3 is 0 Å². The molecule has 1 unspecified atom stereocenters. The van der Waals surface area contributed by atoms with Crippen molar-refractivity contribution in [3.05, 3.63) is 59.0 Å². The molecule has 7 heteroatoms. The summed E-state index contributed by atoms with van der Waals surface area (Å²) < 4.78 is 0. The first kappa shape index (κ1) is 17.9. The number of halogens is 1. The van der Waals surface area contributed by atoms with Crippen LogP contribution in [0.5, 0.6) is 0 Å². The fourth-order valence-electron chi connectivity index (χ4n) is 3.08. The Labute approximate surface area is 145 Å². The highest BCUT2D eigenvalue weighted by atomic mass is 35.5. The molecule has 1 aromatic carbocycles. The second-order valence-corrected chi connectivity index (χ2v) is 5.76. The number of benzene rings is 1. The Bertz CT molecular complexity index is 726. The Morgan fingerprint density at radius 1 is 1.62 bits per heavy atom. The van der Waals surface area contributed by atoms with Gasteiger partial charge in [0, 0.05) is 29.0 Å². The number of aliphatic hydroxyl groups excluding tert-OH is 1. The predicted molar refractivity (Wildman–Crippen MR) is 91.5 cm³/mol. The van der Waals surface area contributed by atoms with E-state index in [1.807, 2.05) is 6.07 Å². The van der Waals surface area contributed by atoms with Crippen LogP contribution in [0.2, 0.25) is 5.02 Å². The quantitative estimate of drug-likeness (QED) is 0.750. The average molecular weight is 347 g/mol. The van der Waals surface area contributed by atoms with Crippen molar-refractivity contribution in [2.75, 3.05) is 13.2 Å². The molecule has 0 aromatic heterocycles. The van der Waals surface area contributed by atoms with Crippen LogP contribution in [0.3, 0.4) is 0 Å². The standard InChI is InChI=1S/C17H19ClN4O2/c1-2-22-13(11-20)5-6-17(22,16(24)21-7-8-23)14-4-3-12(10-19)9-15(14)18/h2-4,9,11,23H,1,5-8,20H2,(H,21,24)/b13-11-. The summed E-state index contributed by atoms with van der Waals surface area (Å²) >= 11 is 6.38. The number of allylic oxidation sites excluding steroid dienone is 1. The van der Waals surface area contributed by atoms with Crippen molar-refractivity contribution in [1.82, 2.24) is 10.2 Å². The van der Waals surface area contributed by atoms with Crippen LogP contribution in [-0.4, -0.2) is 29.1 Å². The lowest BCUT2D eigenvalue weighted by atomic mass is 9.85. The molecule has 2 rings (SSSR count). The van der Waals surface area contributed by atoms with Gasteiger partial charge < -0.3 is 21.1 Å². The average Bonchev–Trinajstić information content (AvgIpc) is 2.98. The monoisotopic (exact) mass is 346 g/mol. The summed E-state index contributed by atoms with van der Waals surface area (Å²) in [6.45, 7) is 3.75. The highest BCUT2D eigenvalue weighted by molar-refractivity contribution is 6.32. The minimum atomic E-state index is -1.12. The lowest BCUT2D eigenvalue weighted by Gasteiger charge is -2.37. The number of carbonyl (C=O) groups is 1. The smallest absolute Gasteiger partial charge is 0.251 e. The van der Waals surface area contributed by atoms with Crippen LogP contribution in [0.4, 0.5) is 0 Å². The summed E-state index contributed by atoms with van der Waals surface area (Å²) in [4.78, 5) is 14.7. The third-order valence-electron chi connectivity index (χ3n) is 4.16. The predicted octanol–water partition coefficient (Wildman–Crippen LogP) is 1.55. The summed E-state index contributed by atoms with van der Waals surface area (Å²) in [7, 11) is 0. The van der Waals surface area contributed by atoms with Gasteiger partial charge in [0.1, 0.15) is 5.54 Å². The van der Waals surface area contributed by atoms with E-state index in [0.29, 0.717) is 29.0 Å².